The van der Waals surface area contributed by atoms with Crippen molar-refractivity contribution in [1.29, 1.82) is 0 Å². The van der Waals surface area contributed by atoms with E-state index in [1.165, 1.54) is 37.7 Å². The normalized spacial score (nSPS) is 16.3. The molecule has 0 saturated heterocycles. The highest BCUT2D eigenvalue weighted by Gasteiger charge is 2.16. The zero-order valence-corrected chi connectivity index (χ0v) is 12.1. The number of hydrogen-bond acceptors (Lipinski definition) is 2. The van der Waals surface area contributed by atoms with E-state index in [-0.39, 0.29) is 5.78 Å². The molecule has 0 aromatic heterocycles. The van der Waals surface area contributed by atoms with Gasteiger partial charge in [0.25, 0.3) is 0 Å². The number of aryl methyl sites for hydroxylation is 1. The van der Waals surface area contributed by atoms with Crippen LogP contribution in [0.5, 0.6) is 5.75 Å². The molecule has 1 fully saturated rings. The summed E-state index contributed by atoms with van der Waals surface area (Å²) in [4.78, 5) is 11.7. The topological polar surface area (TPSA) is 26.3 Å². The SMILES string of the molecule is CCc1ccc(OCC2CCCCC2)c(C(C)=O)c1. The Morgan fingerprint density at radius 3 is 2.63 bits per heavy atom. The highest BCUT2D eigenvalue weighted by molar-refractivity contribution is 5.97. The van der Waals surface area contributed by atoms with Gasteiger partial charge in [0, 0.05) is 0 Å². The van der Waals surface area contributed by atoms with Gasteiger partial charge < -0.3 is 4.74 Å². The van der Waals surface area contributed by atoms with E-state index in [9.17, 15) is 4.79 Å². The molecular weight excluding hydrogens is 236 g/mol. The monoisotopic (exact) mass is 260 g/mol. The Balaban J connectivity index is 2.04. The van der Waals surface area contributed by atoms with Crippen LogP contribution in [-0.2, 0) is 6.42 Å². The fourth-order valence-corrected chi connectivity index (χ4v) is 2.76. The summed E-state index contributed by atoms with van der Waals surface area (Å²) < 4.78 is 5.92. The molecule has 0 aliphatic heterocycles. The fourth-order valence-electron chi connectivity index (χ4n) is 2.76. The van der Waals surface area contributed by atoms with Crippen molar-refractivity contribution in [1.82, 2.24) is 0 Å². The molecule has 0 N–H and O–H groups in total. The van der Waals surface area contributed by atoms with Crippen molar-refractivity contribution in [2.75, 3.05) is 6.61 Å². The van der Waals surface area contributed by atoms with Crippen molar-refractivity contribution in [2.45, 2.75) is 52.4 Å². The van der Waals surface area contributed by atoms with E-state index in [1.54, 1.807) is 6.92 Å². The van der Waals surface area contributed by atoms with Crippen molar-refractivity contribution >= 4 is 5.78 Å². The van der Waals surface area contributed by atoms with Crippen LogP contribution in [0.2, 0.25) is 0 Å². The van der Waals surface area contributed by atoms with Crippen LogP contribution in [0.3, 0.4) is 0 Å². The van der Waals surface area contributed by atoms with Gasteiger partial charge >= 0.3 is 0 Å². The first-order chi connectivity index (χ1) is 9.20. The van der Waals surface area contributed by atoms with Gasteiger partial charge in [-0.2, -0.15) is 0 Å². The highest BCUT2D eigenvalue weighted by Crippen LogP contribution is 2.26. The predicted octanol–water partition coefficient (Wildman–Crippen LogP) is 4.41. The van der Waals surface area contributed by atoms with E-state index < -0.39 is 0 Å². The molecule has 0 atom stereocenters. The molecule has 0 amide bonds. The largest absolute Gasteiger partial charge is 0.493 e. The first-order valence-electron chi connectivity index (χ1n) is 7.47. The Bertz CT molecular complexity index is 431. The zero-order valence-electron chi connectivity index (χ0n) is 12.1. The molecule has 0 radical (unpaired) electrons. The number of benzene rings is 1. The number of rotatable bonds is 5. The summed E-state index contributed by atoms with van der Waals surface area (Å²) in [6, 6.07) is 5.99. The molecule has 2 rings (SSSR count). The van der Waals surface area contributed by atoms with Crippen molar-refractivity contribution < 1.29 is 9.53 Å². The highest BCUT2D eigenvalue weighted by atomic mass is 16.5. The van der Waals surface area contributed by atoms with Gasteiger partial charge in [-0.15, -0.1) is 0 Å². The number of carbonyl (C=O) groups excluding carboxylic acids is 1. The molecular formula is C17H24O2. The lowest BCUT2D eigenvalue weighted by molar-refractivity contribution is 0.101. The summed E-state index contributed by atoms with van der Waals surface area (Å²) in [5.41, 5.74) is 1.92. The smallest absolute Gasteiger partial charge is 0.163 e. The average molecular weight is 260 g/mol. The summed E-state index contributed by atoms with van der Waals surface area (Å²) in [6.45, 7) is 4.47. The second-order valence-corrected chi connectivity index (χ2v) is 5.56. The molecule has 0 unspecified atom stereocenters. The summed E-state index contributed by atoms with van der Waals surface area (Å²) in [5.74, 6) is 1.52. The maximum absolute atomic E-state index is 11.7. The number of ketones is 1. The maximum atomic E-state index is 11.7. The molecule has 2 heteroatoms. The molecule has 0 heterocycles. The molecule has 2 nitrogen and oxygen atoms in total. The molecule has 1 aliphatic carbocycles. The number of Topliss-reactive ketones (excluding diaryl/α,β-unsaturated/α-hetero) is 1. The Morgan fingerprint density at radius 1 is 1.26 bits per heavy atom. The molecule has 1 aromatic carbocycles. The Morgan fingerprint density at radius 2 is 2.00 bits per heavy atom. The van der Waals surface area contributed by atoms with Gasteiger partial charge in [-0.25, -0.2) is 0 Å². The molecule has 0 bridgehead atoms. The van der Waals surface area contributed by atoms with Crippen molar-refractivity contribution in [3.8, 4) is 5.75 Å². The van der Waals surface area contributed by atoms with E-state index in [2.05, 4.69) is 13.0 Å². The standard InChI is InChI=1S/C17H24O2/c1-3-14-9-10-17(16(11-14)13(2)18)19-12-15-7-5-4-6-8-15/h9-11,15H,3-8,12H2,1-2H3. The van der Waals surface area contributed by atoms with Crippen LogP contribution in [0.25, 0.3) is 0 Å². The van der Waals surface area contributed by atoms with Gasteiger partial charge in [0.1, 0.15) is 5.75 Å². The van der Waals surface area contributed by atoms with Crippen LogP contribution in [0.1, 0.15) is 61.9 Å². The molecule has 19 heavy (non-hydrogen) atoms. The molecule has 1 aromatic rings. The first kappa shape index (κ1) is 14.1. The van der Waals surface area contributed by atoms with Crippen LogP contribution in [0.15, 0.2) is 18.2 Å². The second-order valence-electron chi connectivity index (χ2n) is 5.56. The quantitative estimate of drug-likeness (QED) is 0.733. The maximum Gasteiger partial charge on any atom is 0.163 e. The van der Waals surface area contributed by atoms with E-state index in [0.29, 0.717) is 5.92 Å². The van der Waals surface area contributed by atoms with Crippen LogP contribution < -0.4 is 4.74 Å². The van der Waals surface area contributed by atoms with Gasteiger partial charge in [0.05, 0.1) is 12.2 Å². The predicted molar refractivity (Wildman–Crippen MR) is 77.9 cm³/mol. The zero-order chi connectivity index (χ0) is 13.7. The average Bonchev–Trinajstić information content (AvgIpc) is 2.46. The molecule has 1 aliphatic rings. The Labute approximate surface area is 116 Å². The third-order valence-electron chi connectivity index (χ3n) is 4.03. The summed E-state index contributed by atoms with van der Waals surface area (Å²) in [6.07, 6.45) is 7.49. The molecule has 104 valence electrons. The van der Waals surface area contributed by atoms with Crippen LogP contribution in [-0.4, -0.2) is 12.4 Å². The van der Waals surface area contributed by atoms with Crippen LogP contribution >= 0.6 is 0 Å². The van der Waals surface area contributed by atoms with Crippen molar-refractivity contribution in [3.05, 3.63) is 29.3 Å². The van der Waals surface area contributed by atoms with Crippen LogP contribution in [0, 0.1) is 5.92 Å². The molecule has 0 spiro atoms. The summed E-state index contributed by atoms with van der Waals surface area (Å²) in [5, 5.41) is 0. The van der Waals surface area contributed by atoms with Crippen molar-refractivity contribution in [2.24, 2.45) is 5.92 Å². The minimum absolute atomic E-state index is 0.0916. The van der Waals surface area contributed by atoms with Crippen molar-refractivity contribution in [3.63, 3.8) is 0 Å². The lowest BCUT2D eigenvalue weighted by Gasteiger charge is -2.22. The lowest BCUT2D eigenvalue weighted by Crippen LogP contribution is -2.16. The number of hydrogen-bond donors (Lipinski definition) is 0. The van der Waals surface area contributed by atoms with Gasteiger partial charge in [0.2, 0.25) is 0 Å². The summed E-state index contributed by atoms with van der Waals surface area (Å²) >= 11 is 0. The van der Waals surface area contributed by atoms with E-state index in [0.717, 1.165) is 24.3 Å². The number of ether oxygens (including phenoxy) is 1. The lowest BCUT2D eigenvalue weighted by atomic mass is 9.90. The van der Waals surface area contributed by atoms with Gasteiger partial charge in [-0.05, 0) is 49.8 Å². The van der Waals surface area contributed by atoms with Gasteiger partial charge in [-0.3, -0.25) is 4.79 Å². The summed E-state index contributed by atoms with van der Waals surface area (Å²) in [7, 11) is 0. The third-order valence-corrected chi connectivity index (χ3v) is 4.03. The Hall–Kier alpha value is -1.31. The Kier molecular flexibility index (Phi) is 5.00. The first-order valence-corrected chi connectivity index (χ1v) is 7.47. The van der Waals surface area contributed by atoms with Gasteiger partial charge in [0.15, 0.2) is 5.78 Å². The van der Waals surface area contributed by atoms with Gasteiger partial charge in [-0.1, -0.05) is 32.3 Å². The molecule has 1 saturated carbocycles. The van der Waals surface area contributed by atoms with Crippen LogP contribution in [0.4, 0.5) is 0 Å². The minimum Gasteiger partial charge on any atom is -0.493 e. The minimum atomic E-state index is 0.0916. The van der Waals surface area contributed by atoms with E-state index >= 15 is 0 Å². The van der Waals surface area contributed by atoms with E-state index in [4.69, 9.17) is 4.74 Å². The third kappa shape index (κ3) is 3.82. The number of carbonyl (C=O) groups is 1. The fraction of sp³-hybridized carbons (Fsp3) is 0.588. The van der Waals surface area contributed by atoms with E-state index in [1.807, 2.05) is 12.1 Å². The second kappa shape index (κ2) is 6.74.